The lowest BCUT2D eigenvalue weighted by Crippen LogP contribution is -2.49. The maximum absolute atomic E-state index is 12.4. The summed E-state index contributed by atoms with van der Waals surface area (Å²) in [6, 6.07) is 0.770. The molecule has 2 atom stereocenters. The van der Waals surface area contributed by atoms with Gasteiger partial charge in [0.2, 0.25) is 5.91 Å². The van der Waals surface area contributed by atoms with E-state index in [4.69, 9.17) is 0 Å². The second-order valence-electron chi connectivity index (χ2n) is 7.93. The summed E-state index contributed by atoms with van der Waals surface area (Å²) in [5.41, 5.74) is 1.64. The third-order valence-electron chi connectivity index (χ3n) is 5.56. The Labute approximate surface area is 163 Å². The summed E-state index contributed by atoms with van der Waals surface area (Å²) in [6.45, 7) is 7.46. The lowest BCUT2D eigenvalue weighted by atomic mass is 9.97. The number of carbonyl (C=O) groups excluding carboxylic acids is 2. The molecule has 2 saturated heterocycles. The summed E-state index contributed by atoms with van der Waals surface area (Å²) in [5, 5.41) is 6.35. The number of nitrogens with one attached hydrogen (secondary N) is 3. The molecule has 148 valence electrons. The van der Waals surface area contributed by atoms with Crippen molar-refractivity contribution in [2.24, 2.45) is 0 Å². The number of H-pyrrole nitrogens is 1. The molecule has 2 aliphatic rings. The van der Waals surface area contributed by atoms with Crippen molar-refractivity contribution in [3.05, 3.63) is 30.6 Å². The first kappa shape index (κ1) is 18.5. The Morgan fingerprint density at radius 1 is 1.32 bits per heavy atom. The summed E-state index contributed by atoms with van der Waals surface area (Å²) < 4.78 is 0. The molecule has 2 aromatic heterocycles. The molecule has 2 aliphatic heterocycles. The number of aromatic nitrogens is 3. The first-order chi connectivity index (χ1) is 13.5. The van der Waals surface area contributed by atoms with E-state index in [1.54, 1.807) is 12.4 Å². The molecule has 3 N–H and O–H groups in total. The monoisotopic (exact) mass is 382 g/mol. The van der Waals surface area contributed by atoms with Gasteiger partial charge in [-0.2, -0.15) is 0 Å². The summed E-state index contributed by atoms with van der Waals surface area (Å²) in [6.07, 6.45) is 8.56. The van der Waals surface area contributed by atoms with Gasteiger partial charge >= 0.3 is 0 Å². The first-order valence-electron chi connectivity index (χ1n) is 9.82. The fourth-order valence-corrected chi connectivity index (χ4v) is 4.44. The average molecular weight is 382 g/mol. The zero-order chi connectivity index (χ0) is 19.8. The molecule has 2 unspecified atom stereocenters. The van der Waals surface area contributed by atoms with E-state index in [9.17, 15) is 9.59 Å². The van der Waals surface area contributed by atoms with Crippen LogP contribution in [0.15, 0.2) is 25.0 Å². The number of rotatable bonds is 5. The highest BCUT2D eigenvalue weighted by Gasteiger charge is 2.42. The molecule has 0 saturated carbocycles. The number of nitrogens with zero attached hydrogens (tertiary/aromatic N) is 3. The van der Waals surface area contributed by atoms with Crippen molar-refractivity contribution in [2.45, 2.75) is 63.7 Å². The molecule has 0 spiro atoms. The molecule has 2 bridgehead atoms. The number of carbonyl (C=O) groups is 2. The maximum Gasteiger partial charge on any atom is 0.255 e. The van der Waals surface area contributed by atoms with Gasteiger partial charge in [-0.05, 0) is 45.6 Å². The van der Waals surface area contributed by atoms with Gasteiger partial charge in [0, 0.05) is 30.4 Å². The molecule has 0 radical (unpaired) electrons. The van der Waals surface area contributed by atoms with Crippen LogP contribution in [0.5, 0.6) is 0 Å². The van der Waals surface area contributed by atoms with E-state index in [2.05, 4.69) is 32.2 Å². The Kier molecular flexibility index (Phi) is 4.78. The number of piperidine rings is 1. The van der Waals surface area contributed by atoms with Gasteiger partial charge < -0.3 is 20.5 Å². The molecule has 0 aromatic carbocycles. The summed E-state index contributed by atoms with van der Waals surface area (Å²) in [7, 11) is 0. The second kappa shape index (κ2) is 7.26. The Hall–Kier alpha value is -2.90. The summed E-state index contributed by atoms with van der Waals surface area (Å²) >= 11 is 0. The van der Waals surface area contributed by atoms with Gasteiger partial charge in [-0.15, -0.1) is 0 Å². The quantitative estimate of drug-likeness (QED) is 0.688. The minimum atomic E-state index is -0.165. The summed E-state index contributed by atoms with van der Waals surface area (Å²) in [5.74, 6) is 0.515. The molecule has 28 heavy (non-hydrogen) atoms. The van der Waals surface area contributed by atoms with E-state index >= 15 is 0 Å². The van der Waals surface area contributed by atoms with Crippen molar-refractivity contribution in [1.82, 2.24) is 25.2 Å². The van der Waals surface area contributed by atoms with Crippen molar-refractivity contribution in [3.63, 3.8) is 0 Å². The Bertz CT molecular complexity index is 907. The van der Waals surface area contributed by atoms with Gasteiger partial charge in [0.1, 0.15) is 11.3 Å². The normalized spacial score (nSPS) is 23.8. The summed E-state index contributed by atoms with van der Waals surface area (Å²) in [4.78, 5) is 38.5. The Balaban J connectivity index is 1.51. The topological polar surface area (TPSA) is 103 Å². The van der Waals surface area contributed by atoms with E-state index in [-0.39, 0.29) is 36.0 Å². The van der Waals surface area contributed by atoms with E-state index in [0.29, 0.717) is 22.5 Å². The van der Waals surface area contributed by atoms with Crippen molar-refractivity contribution in [1.29, 1.82) is 0 Å². The fraction of sp³-hybridized carbons (Fsp3) is 0.500. The van der Waals surface area contributed by atoms with Gasteiger partial charge in [0.15, 0.2) is 5.65 Å². The molecule has 0 aliphatic carbocycles. The number of hydrogen-bond acceptors (Lipinski definition) is 5. The number of fused-ring (bicyclic) bond motifs is 3. The minimum Gasteiger partial charge on any atom is -0.366 e. The largest absolute Gasteiger partial charge is 0.366 e. The predicted octanol–water partition coefficient (Wildman–Crippen LogP) is 2.22. The second-order valence-corrected chi connectivity index (χ2v) is 7.93. The van der Waals surface area contributed by atoms with E-state index in [0.717, 1.165) is 25.7 Å². The smallest absolute Gasteiger partial charge is 0.255 e. The molecule has 8 nitrogen and oxygen atoms in total. The van der Waals surface area contributed by atoms with Crippen LogP contribution in [-0.4, -0.2) is 55.8 Å². The standard InChI is InChI=1S/C20H26N6O2/c1-4-17(27)26-13-5-6-14(26)8-12(7-13)24-16-10-22-19-18(25-16)15(9-21-19)20(28)23-11(2)3/h4,9-14H,1,5-8H2,2-3H3,(H,21,22)(H,23,28)(H,24,25). The van der Waals surface area contributed by atoms with Crippen LogP contribution in [0.4, 0.5) is 5.82 Å². The first-order valence-corrected chi connectivity index (χ1v) is 9.82. The molecule has 2 fully saturated rings. The average Bonchev–Trinajstić information content (AvgIpc) is 3.19. The molecule has 4 heterocycles. The molecular weight excluding hydrogens is 356 g/mol. The zero-order valence-electron chi connectivity index (χ0n) is 16.2. The zero-order valence-corrected chi connectivity index (χ0v) is 16.2. The molecule has 8 heteroatoms. The molecular formula is C20H26N6O2. The Morgan fingerprint density at radius 3 is 2.68 bits per heavy atom. The van der Waals surface area contributed by atoms with E-state index in [1.165, 1.54) is 6.08 Å². The number of amides is 2. The van der Waals surface area contributed by atoms with Crippen LogP contribution >= 0.6 is 0 Å². The van der Waals surface area contributed by atoms with Crippen LogP contribution in [-0.2, 0) is 4.79 Å². The third kappa shape index (κ3) is 3.34. The van der Waals surface area contributed by atoms with Gasteiger partial charge in [-0.25, -0.2) is 9.97 Å². The highest BCUT2D eigenvalue weighted by atomic mass is 16.2. The molecule has 4 rings (SSSR count). The number of hydrogen-bond donors (Lipinski definition) is 3. The molecule has 2 amide bonds. The van der Waals surface area contributed by atoms with Crippen LogP contribution in [0.25, 0.3) is 11.2 Å². The van der Waals surface area contributed by atoms with Crippen LogP contribution < -0.4 is 10.6 Å². The van der Waals surface area contributed by atoms with E-state index < -0.39 is 0 Å². The fourth-order valence-electron chi connectivity index (χ4n) is 4.44. The maximum atomic E-state index is 12.4. The van der Waals surface area contributed by atoms with Gasteiger partial charge in [0.25, 0.3) is 5.91 Å². The Morgan fingerprint density at radius 2 is 2.04 bits per heavy atom. The van der Waals surface area contributed by atoms with Crippen molar-refractivity contribution in [2.75, 3.05) is 5.32 Å². The lowest BCUT2D eigenvalue weighted by Gasteiger charge is -2.38. The number of aromatic amines is 1. The van der Waals surface area contributed by atoms with Gasteiger partial charge in [-0.3, -0.25) is 9.59 Å². The highest BCUT2D eigenvalue weighted by Crippen LogP contribution is 2.36. The van der Waals surface area contributed by atoms with Crippen molar-refractivity contribution < 1.29 is 9.59 Å². The number of anilines is 1. The van der Waals surface area contributed by atoms with Crippen molar-refractivity contribution >= 4 is 28.8 Å². The van der Waals surface area contributed by atoms with Crippen LogP contribution in [0.1, 0.15) is 49.9 Å². The van der Waals surface area contributed by atoms with Crippen LogP contribution in [0.3, 0.4) is 0 Å². The highest BCUT2D eigenvalue weighted by molar-refractivity contribution is 6.04. The SMILES string of the molecule is C=CC(=O)N1C2CCC1CC(Nc1cnc3[nH]cc(C(=O)NC(C)C)c3n1)C2. The predicted molar refractivity (Wildman–Crippen MR) is 107 cm³/mol. The van der Waals surface area contributed by atoms with Crippen molar-refractivity contribution in [3.8, 4) is 0 Å². The minimum absolute atomic E-state index is 0.0280. The van der Waals surface area contributed by atoms with Crippen LogP contribution in [0.2, 0.25) is 0 Å². The third-order valence-corrected chi connectivity index (χ3v) is 5.56. The lowest BCUT2D eigenvalue weighted by molar-refractivity contribution is -0.130. The van der Waals surface area contributed by atoms with Crippen LogP contribution in [0, 0.1) is 0 Å². The van der Waals surface area contributed by atoms with E-state index in [1.807, 2.05) is 18.7 Å². The van der Waals surface area contributed by atoms with Gasteiger partial charge in [0.05, 0.1) is 11.8 Å². The molecule has 2 aromatic rings. The van der Waals surface area contributed by atoms with Gasteiger partial charge in [-0.1, -0.05) is 6.58 Å².